The molecule has 2 heterocycles. The Labute approximate surface area is 219 Å². The number of aromatic nitrogens is 1. The van der Waals surface area contributed by atoms with E-state index < -0.39 is 21.9 Å². The van der Waals surface area contributed by atoms with Gasteiger partial charge in [-0.2, -0.15) is 9.30 Å². The summed E-state index contributed by atoms with van der Waals surface area (Å²) >= 11 is 1.25. The van der Waals surface area contributed by atoms with Crippen molar-refractivity contribution in [3.8, 4) is 11.5 Å². The Morgan fingerprint density at radius 2 is 1.65 bits per heavy atom. The van der Waals surface area contributed by atoms with Crippen molar-refractivity contribution in [3.05, 3.63) is 46.8 Å². The molecule has 1 saturated heterocycles. The minimum absolute atomic E-state index is 0.134. The van der Waals surface area contributed by atoms with Gasteiger partial charge in [0.15, 0.2) is 16.3 Å². The number of carbonyl (C=O) groups is 2. The Hall–Kier alpha value is -3.22. The molecule has 2 aromatic carbocycles. The normalized spacial score (nSPS) is 15.6. The fraction of sp³-hybridized carbons (Fsp3) is 0.400. The molecule has 0 unspecified atom stereocenters. The standard InChI is InChI=1S/C25H29N3O7S2/c1-16-5-7-18(8-6-16)37(31,32)27-11-9-17(10-12-27)24(30)26-25-28(15-23(29)35-4)19-13-20(33-2)21(34-3)14-22(19)36-25/h5-8,13-14,17H,9-12,15H2,1-4H3. The van der Waals surface area contributed by atoms with Crippen LogP contribution in [0.2, 0.25) is 0 Å². The summed E-state index contributed by atoms with van der Waals surface area (Å²) in [5.74, 6) is -0.271. The Kier molecular flexibility index (Phi) is 8.00. The number of piperidine rings is 1. The van der Waals surface area contributed by atoms with Crippen molar-refractivity contribution in [2.24, 2.45) is 10.9 Å². The molecule has 4 rings (SSSR count). The highest BCUT2D eigenvalue weighted by molar-refractivity contribution is 7.89. The summed E-state index contributed by atoms with van der Waals surface area (Å²) in [6.45, 7) is 2.22. The molecule has 1 aliphatic heterocycles. The number of amides is 1. The number of aryl methyl sites for hydroxylation is 1. The summed E-state index contributed by atoms with van der Waals surface area (Å²) in [5.41, 5.74) is 1.63. The molecule has 0 atom stereocenters. The Morgan fingerprint density at radius 1 is 1.03 bits per heavy atom. The van der Waals surface area contributed by atoms with Gasteiger partial charge in [-0.1, -0.05) is 29.0 Å². The number of esters is 1. The van der Waals surface area contributed by atoms with Crippen molar-refractivity contribution in [1.82, 2.24) is 8.87 Å². The second-order valence-electron chi connectivity index (χ2n) is 8.66. The van der Waals surface area contributed by atoms with Crippen LogP contribution in [0.4, 0.5) is 0 Å². The monoisotopic (exact) mass is 547 g/mol. The molecule has 37 heavy (non-hydrogen) atoms. The third-order valence-electron chi connectivity index (χ3n) is 6.37. The van der Waals surface area contributed by atoms with E-state index >= 15 is 0 Å². The quantitative estimate of drug-likeness (QED) is 0.418. The lowest BCUT2D eigenvalue weighted by Crippen LogP contribution is -2.40. The third kappa shape index (κ3) is 5.55. The predicted octanol–water partition coefficient (Wildman–Crippen LogP) is 2.73. The molecule has 0 bridgehead atoms. The molecule has 3 aromatic rings. The topological polar surface area (TPSA) is 116 Å². The minimum Gasteiger partial charge on any atom is -0.493 e. The molecular formula is C25H29N3O7S2. The molecule has 0 spiro atoms. The number of rotatable bonds is 7. The van der Waals surface area contributed by atoms with Crippen LogP contribution in [0, 0.1) is 12.8 Å². The molecule has 198 valence electrons. The van der Waals surface area contributed by atoms with E-state index in [1.54, 1.807) is 41.0 Å². The number of sulfonamides is 1. The molecular weight excluding hydrogens is 518 g/mol. The summed E-state index contributed by atoms with van der Waals surface area (Å²) in [4.78, 5) is 30.2. The van der Waals surface area contributed by atoms with Crippen molar-refractivity contribution in [3.63, 3.8) is 0 Å². The van der Waals surface area contributed by atoms with Crippen LogP contribution in [0.15, 0.2) is 46.3 Å². The van der Waals surface area contributed by atoms with E-state index in [1.807, 2.05) is 6.92 Å². The molecule has 0 aliphatic carbocycles. The highest BCUT2D eigenvalue weighted by Crippen LogP contribution is 2.33. The largest absolute Gasteiger partial charge is 0.493 e. The van der Waals surface area contributed by atoms with Gasteiger partial charge in [0, 0.05) is 31.1 Å². The number of carbonyl (C=O) groups excluding carboxylic acids is 2. The zero-order valence-electron chi connectivity index (χ0n) is 21.1. The van der Waals surface area contributed by atoms with E-state index in [0.717, 1.165) is 10.3 Å². The number of hydrogen-bond acceptors (Lipinski definition) is 8. The second kappa shape index (κ2) is 11.0. The van der Waals surface area contributed by atoms with Crippen LogP contribution in [0.25, 0.3) is 10.2 Å². The zero-order valence-corrected chi connectivity index (χ0v) is 22.7. The van der Waals surface area contributed by atoms with Crippen LogP contribution in [0.3, 0.4) is 0 Å². The molecule has 0 radical (unpaired) electrons. The maximum Gasteiger partial charge on any atom is 0.325 e. The number of fused-ring (bicyclic) bond motifs is 1. The SMILES string of the molecule is COC(=O)Cn1c(=NC(=O)C2CCN(S(=O)(=O)c3ccc(C)cc3)CC2)sc2cc(OC)c(OC)cc21. The van der Waals surface area contributed by atoms with Crippen molar-refractivity contribution in [2.45, 2.75) is 31.2 Å². The van der Waals surface area contributed by atoms with Crippen molar-refractivity contribution < 1.29 is 32.2 Å². The van der Waals surface area contributed by atoms with Crippen molar-refractivity contribution in [1.29, 1.82) is 0 Å². The van der Waals surface area contributed by atoms with Crippen LogP contribution in [0.1, 0.15) is 18.4 Å². The summed E-state index contributed by atoms with van der Waals surface area (Å²) < 4.78 is 45.4. The van der Waals surface area contributed by atoms with E-state index in [0.29, 0.717) is 34.7 Å². The van der Waals surface area contributed by atoms with Gasteiger partial charge in [0.1, 0.15) is 6.54 Å². The smallest absolute Gasteiger partial charge is 0.325 e. The molecule has 1 aromatic heterocycles. The number of hydrogen-bond donors (Lipinski definition) is 0. The fourth-order valence-electron chi connectivity index (χ4n) is 4.22. The van der Waals surface area contributed by atoms with E-state index in [2.05, 4.69) is 4.99 Å². The van der Waals surface area contributed by atoms with Crippen LogP contribution in [-0.2, 0) is 30.9 Å². The van der Waals surface area contributed by atoms with Gasteiger partial charge in [-0.15, -0.1) is 0 Å². The first kappa shape index (κ1) is 26.8. The van der Waals surface area contributed by atoms with Gasteiger partial charge >= 0.3 is 5.97 Å². The first-order valence-electron chi connectivity index (χ1n) is 11.7. The van der Waals surface area contributed by atoms with Crippen molar-refractivity contribution in [2.75, 3.05) is 34.4 Å². The van der Waals surface area contributed by atoms with Gasteiger partial charge < -0.3 is 18.8 Å². The summed E-state index contributed by atoms with van der Waals surface area (Å²) in [5, 5.41) is 0. The molecule has 10 nitrogen and oxygen atoms in total. The van der Waals surface area contributed by atoms with Gasteiger partial charge in [-0.3, -0.25) is 9.59 Å². The molecule has 12 heteroatoms. The highest BCUT2D eigenvalue weighted by Gasteiger charge is 2.32. The number of thiazole rings is 1. The first-order chi connectivity index (χ1) is 17.7. The van der Waals surface area contributed by atoms with Crippen molar-refractivity contribution >= 4 is 43.5 Å². The Balaban J connectivity index is 1.60. The number of nitrogens with zero attached hydrogens (tertiary/aromatic N) is 3. The van der Waals surface area contributed by atoms with E-state index in [-0.39, 0.29) is 30.4 Å². The van der Waals surface area contributed by atoms with Gasteiger partial charge in [-0.05, 0) is 31.9 Å². The predicted molar refractivity (Wildman–Crippen MR) is 138 cm³/mol. The van der Waals surface area contributed by atoms with E-state index in [9.17, 15) is 18.0 Å². The number of ether oxygens (including phenoxy) is 3. The number of benzene rings is 2. The van der Waals surface area contributed by atoms with Crippen LogP contribution in [0.5, 0.6) is 11.5 Å². The molecule has 1 aliphatic rings. The average molecular weight is 548 g/mol. The Bertz CT molecular complexity index is 1480. The fourth-order valence-corrected chi connectivity index (χ4v) is 6.73. The van der Waals surface area contributed by atoms with Crippen LogP contribution in [-0.4, -0.2) is 63.6 Å². The maximum absolute atomic E-state index is 13.2. The average Bonchev–Trinajstić information content (AvgIpc) is 3.23. The molecule has 1 amide bonds. The van der Waals surface area contributed by atoms with E-state index in [1.165, 1.54) is 37.0 Å². The van der Waals surface area contributed by atoms with Gasteiger partial charge in [0.25, 0.3) is 5.91 Å². The summed E-state index contributed by atoms with van der Waals surface area (Å²) in [6.07, 6.45) is 0.716. The minimum atomic E-state index is -3.63. The third-order valence-corrected chi connectivity index (χ3v) is 9.32. The summed E-state index contributed by atoms with van der Waals surface area (Å²) in [6, 6.07) is 10.2. The molecule has 1 fully saturated rings. The molecule has 0 N–H and O–H groups in total. The second-order valence-corrected chi connectivity index (χ2v) is 11.6. The summed E-state index contributed by atoms with van der Waals surface area (Å²) in [7, 11) is 0.709. The van der Waals surface area contributed by atoms with Gasteiger partial charge in [0.2, 0.25) is 10.0 Å². The van der Waals surface area contributed by atoms with E-state index in [4.69, 9.17) is 14.2 Å². The maximum atomic E-state index is 13.2. The molecule has 0 saturated carbocycles. The van der Waals surface area contributed by atoms with Crippen LogP contribution < -0.4 is 14.3 Å². The zero-order chi connectivity index (χ0) is 26.7. The van der Waals surface area contributed by atoms with Gasteiger partial charge in [-0.25, -0.2) is 8.42 Å². The van der Waals surface area contributed by atoms with Crippen LogP contribution >= 0.6 is 11.3 Å². The lowest BCUT2D eigenvalue weighted by molar-refractivity contribution is -0.141. The lowest BCUT2D eigenvalue weighted by Gasteiger charge is -2.29. The Morgan fingerprint density at radius 3 is 2.24 bits per heavy atom. The lowest BCUT2D eigenvalue weighted by atomic mass is 9.98. The number of methoxy groups -OCH3 is 3. The first-order valence-corrected chi connectivity index (χ1v) is 13.9. The van der Waals surface area contributed by atoms with Gasteiger partial charge in [0.05, 0.1) is 36.4 Å². The highest BCUT2D eigenvalue weighted by atomic mass is 32.2.